The highest BCUT2D eigenvalue weighted by atomic mass is 16.3. The molecule has 130 valence electrons. The molecule has 0 aliphatic carbocycles. The van der Waals surface area contributed by atoms with E-state index in [9.17, 15) is 9.59 Å². The molecule has 1 N–H and O–H groups in total. The van der Waals surface area contributed by atoms with Crippen LogP contribution in [0.15, 0.2) is 12.7 Å². The van der Waals surface area contributed by atoms with Crippen LogP contribution in [0.4, 0.5) is 0 Å². The molecule has 23 heavy (non-hydrogen) atoms. The van der Waals surface area contributed by atoms with Crippen molar-refractivity contribution in [2.24, 2.45) is 11.8 Å². The number of piperidine rings is 2. The Labute approximate surface area is 139 Å². The van der Waals surface area contributed by atoms with Gasteiger partial charge in [0, 0.05) is 39.2 Å². The van der Waals surface area contributed by atoms with E-state index in [1.54, 1.807) is 0 Å². The van der Waals surface area contributed by atoms with Crippen LogP contribution in [0.1, 0.15) is 44.9 Å². The van der Waals surface area contributed by atoms with Crippen molar-refractivity contribution >= 4 is 11.8 Å². The summed E-state index contributed by atoms with van der Waals surface area (Å²) in [6, 6.07) is 0. The number of hydrogen-bond acceptors (Lipinski definition) is 3. The number of carbonyl (C=O) groups is 2. The molecule has 0 aromatic carbocycles. The van der Waals surface area contributed by atoms with Crippen LogP contribution in [-0.4, -0.2) is 59.5 Å². The van der Waals surface area contributed by atoms with Crippen LogP contribution in [0.3, 0.4) is 0 Å². The summed E-state index contributed by atoms with van der Waals surface area (Å²) >= 11 is 0. The number of amides is 2. The maximum Gasteiger partial charge on any atom is 0.245 e. The third-order valence-corrected chi connectivity index (χ3v) is 5.38. The first-order chi connectivity index (χ1) is 11.2. The second-order valence-electron chi connectivity index (χ2n) is 6.77. The standard InChI is InChI=1S/C18H30N2O3/c1-2-17(22)19-10-6-15(7-11-19)16-8-12-20(13-9-16)18(23)5-3-4-14-21/h2,15-16,21H,1,3-14H2. The molecule has 0 saturated carbocycles. The molecular formula is C18H30N2O3. The van der Waals surface area contributed by atoms with E-state index in [-0.39, 0.29) is 18.4 Å². The summed E-state index contributed by atoms with van der Waals surface area (Å²) in [6.45, 7) is 7.15. The van der Waals surface area contributed by atoms with Crippen LogP contribution in [0.2, 0.25) is 0 Å². The Morgan fingerprint density at radius 3 is 1.96 bits per heavy atom. The molecule has 5 nitrogen and oxygen atoms in total. The van der Waals surface area contributed by atoms with Crippen LogP contribution in [0.25, 0.3) is 0 Å². The Kier molecular flexibility index (Phi) is 7.09. The zero-order valence-corrected chi connectivity index (χ0v) is 14.1. The molecule has 5 heteroatoms. The fourth-order valence-electron chi connectivity index (χ4n) is 3.89. The van der Waals surface area contributed by atoms with E-state index in [0.717, 1.165) is 58.3 Å². The van der Waals surface area contributed by atoms with Crippen molar-refractivity contribution in [2.75, 3.05) is 32.8 Å². The molecule has 0 aromatic heterocycles. The summed E-state index contributed by atoms with van der Waals surface area (Å²) in [5, 5.41) is 8.78. The van der Waals surface area contributed by atoms with E-state index in [0.29, 0.717) is 24.7 Å². The second kappa shape index (κ2) is 9.06. The quantitative estimate of drug-likeness (QED) is 0.599. The summed E-state index contributed by atoms with van der Waals surface area (Å²) in [5.74, 6) is 1.67. The Morgan fingerprint density at radius 2 is 1.48 bits per heavy atom. The first kappa shape index (κ1) is 18.0. The molecule has 0 bridgehead atoms. The van der Waals surface area contributed by atoms with Gasteiger partial charge in [-0.15, -0.1) is 0 Å². The van der Waals surface area contributed by atoms with Gasteiger partial charge in [0.2, 0.25) is 11.8 Å². The fraction of sp³-hybridized carbons (Fsp3) is 0.778. The molecule has 2 heterocycles. The molecule has 2 saturated heterocycles. The lowest BCUT2D eigenvalue weighted by Crippen LogP contribution is -2.43. The smallest absolute Gasteiger partial charge is 0.245 e. The van der Waals surface area contributed by atoms with Crippen molar-refractivity contribution in [2.45, 2.75) is 44.9 Å². The van der Waals surface area contributed by atoms with Crippen LogP contribution < -0.4 is 0 Å². The molecule has 2 amide bonds. The van der Waals surface area contributed by atoms with Crippen LogP contribution in [0, 0.1) is 11.8 Å². The van der Waals surface area contributed by atoms with Crippen molar-refractivity contribution in [3.63, 3.8) is 0 Å². The van der Waals surface area contributed by atoms with Gasteiger partial charge in [-0.25, -0.2) is 0 Å². The molecule has 0 aromatic rings. The van der Waals surface area contributed by atoms with Gasteiger partial charge in [-0.3, -0.25) is 9.59 Å². The van der Waals surface area contributed by atoms with Gasteiger partial charge in [0.05, 0.1) is 0 Å². The number of likely N-dealkylation sites (tertiary alicyclic amines) is 2. The molecule has 0 radical (unpaired) electrons. The third-order valence-electron chi connectivity index (χ3n) is 5.38. The van der Waals surface area contributed by atoms with Crippen molar-refractivity contribution < 1.29 is 14.7 Å². The summed E-state index contributed by atoms with van der Waals surface area (Å²) in [7, 11) is 0. The number of rotatable bonds is 6. The molecule has 2 rings (SSSR count). The molecule has 0 atom stereocenters. The van der Waals surface area contributed by atoms with E-state index in [1.807, 2.05) is 9.80 Å². The maximum absolute atomic E-state index is 12.1. The molecule has 0 spiro atoms. The molecule has 0 unspecified atom stereocenters. The number of aliphatic hydroxyl groups is 1. The Bertz CT molecular complexity index is 408. The fourth-order valence-corrected chi connectivity index (χ4v) is 3.89. The summed E-state index contributed by atoms with van der Waals surface area (Å²) in [5.41, 5.74) is 0. The van der Waals surface area contributed by atoms with Gasteiger partial charge in [-0.2, -0.15) is 0 Å². The number of unbranched alkanes of at least 4 members (excludes halogenated alkanes) is 1. The summed E-state index contributed by atoms with van der Waals surface area (Å²) in [6.07, 6.45) is 7.80. The normalized spacial score (nSPS) is 20.6. The van der Waals surface area contributed by atoms with E-state index >= 15 is 0 Å². The average molecular weight is 322 g/mol. The largest absolute Gasteiger partial charge is 0.396 e. The van der Waals surface area contributed by atoms with Crippen LogP contribution in [-0.2, 0) is 9.59 Å². The van der Waals surface area contributed by atoms with Crippen molar-refractivity contribution in [1.82, 2.24) is 9.80 Å². The Balaban J connectivity index is 1.70. The van der Waals surface area contributed by atoms with E-state index in [2.05, 4.69) is 6.58 Å². The minimum absolute atomic E-state index is 0.0479. The second-order valence-corrected chi connectivity index (χ2v) is 6.77. The predicted octanol–water partition coefficient (Wildman–Crippen LogP) is 1.81. The summed E-state index contributed by atoms with van der Waals surface area (Å²) < 4.78 is 0. The van der Waals surface area contributed by atoms with Crippen molar-refractivity contribution in [1.29, 1.82) is 0 Å². The van der Waals surface area contributed by atoms with Crippen molar-refractivity contribution in [3.8, 4) is 0 Å². The van der Waals surface area contributed by atoms with Crippen molar-refractivity contribution in [3.05, 3.63) is 12.7 Å². The number of hydrogen-bond donors (Lipinski definition) is 1. The SMILES string of the molecule is C=CC(=O)N1CCC(C2CCN(C(=O)CCCCO)CC2)CC1. The van der Waals surface area contributed by atoms with Crippen LogP contribution >= 0.6 is 0 Å². The molecule has 2 fully saturated rings. The molecular weight excluding hydrogens is 292 g/mol. The maximum atomic E-state index is 12.1. The Hall–Kier alpha value is -1.36. The minimum atomic E-state index is 0.0479. The minimum Gasteiger partial charge on any atom is -0.396 e. The zero-order valence-electron chi connectivity index (χ0n) is 14.1. The van der Waals surface area contributed by atoms with E-state index < -0.39 is 0 Å². The van der Waals surface area contributed by atoms with E-state index in [4.69, 9.17) is 5.11 Å². The molecule has 2 aliphatic rings. The van der Waals surface area contributed by atoms with Gasteiger partial charge in [0.1, 0.15) is 0 Å². The number of nitrogens with zero attached hydrogens (tertiary/aromatic N) is 2. The predicted molar refractivity (Wildman–Crippen MR) is 89.7 cm³/mol. The third kappa shape index (κ3) is 5.06. The van der Waals surface area contributed by atoms with Gasteiger partial charge >= 0.3 is 0 Å². The topological polar surface area (TPSA) is 60.9 Å². The highest BCUT2D eigenvalue weighted by Gasteiger charge is 2.31. The first-order valence-corrected chi connectivity index (χ1v) is 8.95. The van der Waals surface area contributed by atoms with Gasteiger partial charge < -0.3 is 14.9 Å². The zero-order chi connectivity index (χ0) is 16.7. The Morgan fingerprint density at radius 1 is 0.957 bits per heavy atom. The van der Waals surface area contributed by atoms with Crippen LogP contribution in [0.5, 0.6) is 0 Å². The highest BCUT2D eigenvalue weighted by Crippen LogP contribution is 2.32. The lowest BCUT2D eigenvalue weighted by molar-refractivity contribution is -0.133. The van der Waals surface area contributed by atoms with Gasteiger partial charge in [0.25, 0.3) is 0 Å². The molecule has 2 aliphatic heterocycles. The lowest BCUT2D eigenvalue weighted by Gasteiger charge is -2.40. The van der Waals surface area contributed by atoms with E-state index in [1.165, 1.54) is 6.08 Å². The monoisotopic (exact) mass is 322 g/mol. The first-order valence-electron chi connectivity index (χ1n) is 8.95. The van der Waals surface area contributed by atoms with Gasteiger partial charge in [-0.05, 0) is 56.4 Å². The summed E-state index contributed by atoms with van der Waals surface area (Å²) in [4.78, 5) is 27.6. The lowest BCUT2D eigenvalue weighted by atomic mass is 9.78. The van der Waals surface area contributed by atoms with Gasteiger partial charge in [0.15, 0.2) is 0 Å². The average Bonchev–Trinajstić information content (AvgIpc) is 2.61. The number of aliphatic hydroxyl groups excluding tert-OH is 1. The number of carbonyl (C=O) groups excluding carboxylic acids is 2. The van der Waals surface area contributed by atoms with Gasteiger partial charge in [-0.1, -0.05) is 6.58 Å². The highest BCUT2D eigenvalue weighted by molar-refractivity contribution is 5.87.